The molecule has 18 heavy (non-hydrogen) atoms. The minimum atomic E-state index is -1.17. The van der Waals surface area contributed by atoms with Crippen molar-refractivity contribution in [3.63, 3.8) is 0 Å². The molecular weight excluding hydrogens is 234 g/mol. The number of carboxylic acid groups (broad SMARTS) is 1. The van der Waals surface area contributed by atoms with E-state index in [0.29, 0.717) is 10.9 Å². The molecule has 1 aromatic heterocycles. The highest BCUT2D eigenvalue weighted by Gasteiger charge is 2.18. The SMILES string of the molecule is CC(N)COc1c(C(=O)O)nnc2ccccc12. The van der Waals surface area contributed by atoms with Gasteiger partial charge in [-0.05, 0) is 19.1 Å². The molecule has 0 amide bonds. The Morgan fingerprint density at radius 1 is 1.44 bits per heavy atom. The first-order valence-electron chi connectivity index (χ1n) is 5.46. The first-order valence-corrected chi connectivity index (χ1v) is 5.46. The summed E-state index contributed by atoms with van der Waals surface area (Å²) < 4.78 is 5.46. The summed E-state index contributed by atoms with van der Waals surface area (Å²) in [5, 5.41) is 17.2. The molecule has 1 unspecified atom stereocenters. The molecule has 94 valence electrons. The zero-order valence-electron chi connectivity index (χ0n) is 9.83. The van der Waals surface area contributed by atoms with Gasteiger partial charge in [0.15, 0.2) is 5.75 Å². The van der Waals surface area contributed by atoms with E-state index in [1.807, 2.05) is 0 Å². The van der Waals surface area contributed by atoms with Gasteiger partial charge in [-0.3, -0.25) is 0 Å². The molecule has 2 rings (SSSR count). The fraction of sp³-hybridized carbons (Fsp3) is 0.250. The Kier molecular flexibility index (Phi) is 3.38. The summed E-state index contributed by atoms with van der Waals surface area (Å²) in [4.78, 5) is 11.1. The van der Waals surface area contributed by atoms with Gasteiger partial charge in [0.2, 0.25) is 5.69 Å². The second-order valence-corrected chi connectivity index (χ2v) is 3.99. The molecule has 1 aromatic carbocycles. The summed E-state index contributed by atoms with van der Waals surface area (Å²) in [5.41, 5.74) is 5.99. The number of rotatable bonds is 4. The van der Waals surface area contributed by atoms with E-state index in [1.54, 1.807) is 31.2 Å². The molecule has 6 heteroatoms. The number of nitrogens with zero attached hydrogens (tertiary/aromatic N) is 2. The van der Waals surface area contributed by atoms with Gasteiger partial charge in [-0.1, -0.05) is 12.1 Å². The van der Waals surface area contributed by atoms with Crippen LogP contribution in [0.1, 0.15) is 17.4 Å². The number of benzene rings is 1. The Morgan fingerprint density at radius 2 is 2.17 bits per heavy atom. The van der Waals surface area contributed by atoms with Crippen LogP contribution in [0.25, 0.3) is 10.9 Å². The van der Waals surface area contributed by atoms with Crippen molar-refractivity contribution in [2.75, 3.05) is 6.61 Å². The Balaban J connectivity index is 2.55. The van der Waals surface area contributed by atoms with E-state index in [0.717, 1.165) is 0 Å². The molecule has 1 atom stereocenters. The third kappa shape index (κ3) is 2.38. The van der Waals surface area contributed by atoms with Gasteiger partial charge in [0.05, 0.1) is 5.52 Å². The van der Waals surface area contributed by atoms with Crippen molar-refractivity contribution in [1.82, 2.24) is 10.2 Å². The van der Waals surface area contributed by atoms with Crippen molar-refractivity contribution in [2.24, 2.45) is 5.73 Å². The van der Waals surface area contributed by atoms with Crippen molar-refractivity contribution in [1.29, 1.82) is 0 Å². The van der Waals surface area contributed by atoms with E-state index >= 15 is 0 Å². The smallest absolute Gasteiger partial charge is 0.360 e. The van der Waals surface area contributed by atoms with Crippen molar-refractivity contribution < 1.29 is 14.6 Å². The zero-order valence-corrected chi connectivity index (χ0v) is 9.83. The summed E-state index contributed by atoms with van der Waals surface area (Å²) in [6.07, 6.45) is 0. The van der Waals surface area contributed by atoms with Crippen molar-refractivity contribution >= 4 is 16.9 Å². The normalized spacial score (nSPS) is 12.3. The summed E-state index contributed by atoms with van der Waals surface area (Å²) in [6, 6.07) is 6.87. The van der Waals surface area contributed by atoms with E-state index in [1.165, 1.54) is 0 Å². The number of carbonyl (C=O) groups is 1. The number of hydrogen-bond acceptors (Lipinski definition) is 5. The Bertz CT molecular complexity index is 584. The summed E-state index contributed by atoms with van der Waals surface area (Å²) in [7, 11) is 0. The molecule has 0 aliphatic heterocycles. The molecular formula is C12H13N3O3. The van der Waals surface area contributed by atoms with Gasteiger partial charge >= 0.3 is 5.97 Å². The van der Waals surface area contributed by atoms with Crippen LogP contribution in [0.5, 0.6) is 5.75 Å². The minimum absolute atomic E-state index is 0.196. The monoisotopic (exact) mass is 247 g/mol. The molecule has 0 aliphatic carbocycles. The number of nitrogens with two attached hydrogens (primary N) is 1. The maximum Gasteiger partial charge on any atom is 0.360 e. The Hall–Kier alpha value is -2.21. The summed E-state index contributed by atoms with van der Waals surface area (Å²) in [5.74, 6) is -0.960. The average Bonchev–Trinajstić information content (AvgIpc) is 2.35. The largest absolute Gasteiger partial charge is 0.489 e. The molecule has 6 nitrogen and oxygen atoms in total. The predicted molar refractivity (Wildman–Crippen MR) is 65.6 cm³/mol. The van der Waals surface area contributed by atoms with Crippen molar-refractivity contribution in [3.05, 3.63) is 30.0 Å². The van der Waals surface area contributed by atoms with Crippen molar-refractivity contribution in [2.45, 2.75) is 13.0 Å². The number of carboxylic acids is 1. The van der Waals surface area contributed by atoms with E-state index < -0.39 is 5.97 Å². The first-order chi connectivity index (χ1) is 8.59. The van der Waals surface area contributed by atoms with Crippen LogP contribution in [0, 0.1) is 0 Å². The third-order valence-corrected chi connectivity index (χ3v) is 2.31. The van der Waals surface area contributed by atoms with Gasteiger partial charge in [0, 0.05) is 11.4 Å². The van der Waals surface area contributed by atoms with Crippen LogP contribution in [0.3, 0.4) is 0 Å². The Morgan fingerprint density at radius 3 is 2.83 bits per heavy atom. The minimum Gasteiger partial charge on any atom is -0.489 e. The molecule has 0 spiro atoms. The highest BCUT2D eigenvalue weighted by atomic mass is 16.5. The van der Waals surface area contributed by atoms with Gasteiger partial charge < -0.3 is 15.6 Å². The maximum atomic E-state index is 11.1. The fourth-order valence-electron chi connectivity index (χ4n) is 1.53. The summed E-state index contributed by atoms with van der Waals surface area (Å²) in [6.45, 7) is 1.99. The van der Waals surface area contributed by atoms with Gasteiger partial charge in [0.25, 0.3) is 0 Å². The lowest BCUT2D eigenvalue weighted by Crippen LogP contribution is -2.24. The van der Waals surface area contributed by atoms with Gasteiger partial charge in [-0.2, -0.15) is 0 Å². The topological polar surface area (TPSA) is 98.3 Å². The van der Waals surface area contributed by atoms with Gasteiger partial charge in [-0.25, -0.2) is 4.79 Å². The van der Waals surface area contributed by atoms with Crippen LogP contribution in [-0.4, -0.2) is 33.9 Å². The molecule has 0 bridgehead atoms. The number of fused-ring (bicyclic) bond motifs is 1. The second-order valence-electron chi connectivity index (χ2n) is 3.99. The predicted octanol–water partition coefficient (Wildman–Crippen LogP) is 1.05. The number of aromatic carboxylic acids is 1. The first kappa shape index (κ1) is 12.3. The van der Waals surface area contributed by atoms with Gasteiger partial charge in [0.1, 0.15) is 6.61 Å². The number of ether oxygens (including phenoxy) is 1. The quantitative estimate of drug-likeness (QED) is 0.838. The van der Waals surface area contributed by atoms with E-state index in [2.05, 4.69) is 10.2 Å². The average molecular weight is 247 g/mol. The lowest BCUT2D eigenvalue weighted by Gasteiger charge is -2.12. The molecule has 1 heterocycles. The number of aromatic nitrogens is 2. The molecule has 0 aliphatic rings. The molecule has 3 N–H and O–H groups in total. The summed E-state index contributed by atoms with van der Waals surface area (Å²) >= 11 is 0. The lowest BCUT2D eigenvalue weighted by molar-refractivity contribution is 0.0684. The highest BCUT2D eigenvalue weighted by molar-refractivity contribution is 5.96. The third-order valence-electron chi connectivity index (χ3n) is 2.31. The maximum absolute atomic E-state index is 11.1. The molecule has 0 fully saturated rings. The van der Waals surface area contributed by atoms with Crippen LogP contribution in [-0.2, 0) is 0 Å². The molecule has 0 saturated heterocycles. The second kappa shape index (κ2) is 4.97. The highest BCUT2D eigenvalue weighted by Crippen LogP contribution is 2.26. The van der Waals surface area contributed by atoms with Crippen LogP contribution >= 0.6 is 0 Å². The fourth-order valence-corrected chi connectivity index (χ4v) is 1.53. The van der Waals surface area contributed by atoms with Crippen LogP contribution in [0.4, 0.5) is 0 Å². The van der Waals surface area contributed by atoms with E-state index in [4.69, 9.17) is 15.6 Å². The van der Waals surface area contributed by atoms with Gasteiger partial charge in [-0.15, -0.1) is 10.2 Å². The standard InChI is InChI=1S/C12H13N3O3/c1-7(13)6-18-11-8-4-2-3-5-9(8)14-15-10(11)12(16)17/h2-5,7H,6,13H2,1H3,(H,16,17). The van der Waals surface area contributed by atoms with Crippen molar-refractivity contribution in [3.8, 4) is 5.75 Å². The van der Waals surface area contributed by atoms with E-state index in [9.17, 15) is 4.79 Å². The Labute approximate surface area is 103 Å². The van der Waals surface area contributed by atoms with Crippen LogP contribution in [0.2, 0.25) is 0 Å². The zero-order chi connectivity index (χ0) is 13.1. The van der Waals surface area contributed by atoms with E-state index in [-0.39, 0.29) is 24.1 Å². The number of hydrogen-bond donors (Lipinski definition) is 2. The lowest BCUT2D eigenvalue weighted by atomic mass is 10.2. The molecule has 0 saturated carbocycles. The van der Waals surface area contributed by atoms with Crippen LogP contribution in [0.15, 0.2) is 24.3 Å². The molecule has 0 radical (unpaired) electrons. The molecule has 2 aromatic rings. The van der Waals surface area contributed by atoms with Crippen LogP contribution < -0.4 is 10.5 Å².